The zero-order valence-corrected chi connectivity index (χ0v) is 14.3. The highest BCUT2D eigenvalue weighted by atomic mass is 16.5. The highest BCUT2D eigenvalue weighted by molar-refractivity contribution is 5.93. The Bertz CT molecular complexity index is 892. The first-order valence-electron chi connectivity index (χ1n) is 8.65. The highest BCUT2D eigenvalue weighted by Crippen LogP contribution is 2.23. The zero-order chi connectivity index (χ0) is 17.9. The van der Waals surface area contributed by atoms with E-state index in [0.717, 1.165) is 22.4 Å². The van der Waals surface area contributed by atoms with Crippen LogP contribution in [0.2, 0.25) is 0 Å². The van der Waals surface area contributed by atoms with Gasteiger partial charge in [0.05, 0.1) is 6.54 Å². The lowest BCUT2D eigenvalue weighted by molar-refractivity contribution is -0.126. The second-order valence-corrected chi connectivity index (χ2v) is 6.37. The van der Waals surface area contributed by atoms with Gasteiger partial charge in [-0.3, -0.25) is 9.59 Å². The molecular weight excluding hydrogens is 330 g/mol. The van der Waals surface area contributed by atoms with Crippen LogP contribution in [0.1, 0.15) is 23.1 Å². The van der Waals surface area contributed by atoms with E-state index in [1.54, 1.807) is 23.2 Å². The summed E-state index contributed by atoms with van der Waals surface area (Å²) in [5.74, 6) is 1.39. The lowest BCUT2D eigenvalue weighted by atomic mass is 10.0. The van der Waals surface area contributed by atoms with Crippen molar-refractivity contribution < 1.29 is 14.3 Å². The monoisotopic (exact) mass is 349 g/mol. The number of para-hydroxylation sites is 1. The Labute approximate surface area is 151 Å². The molecule has 2 aromatic rings. The van der Waals surface area contributed by atoms with Gasteiger partial charge in [0, 0.05) is 30.8 Å². The molecule has 0 atom stereocenters. The molecule has 0 bridgehead atoms. The second-order valence-electron chi connectivity index (χ2n) is 6.37. The molecule has 4 rings (SSSR count). The number of fused-ring (bicyclic) bond motifs is 2. The van der Waals surface area contributed by atoms with Crippen LogP contribution < -0.4 is 10.1 Å². The molecule has 2 aliphatic heterocycles. The predicted molar refractivity (Wildman–Crippen MR) is 97.6 cm³/mol. The molecule has 1 aromatic heterocycles. The summed E-state index contributed by atoms with van der Waals surface area (Å²) in [5.41, 5.74) is 2.86. The highest BCUT2D eigenvalue weighted by Gasteiger charge is 2.18. The number of nitrogens with one attached hydrogen (secondary N) is 1. The van der Waals surface area contributed by atoms with E-state index >= 15 is 0 Å². The number of rotatable bonds is 2. The summed E-state index contributed by atoms with van der Waals surface area (Å²) in [5, 5.41) is 2.76. The molecule has 0 radical (unpaired) electrons. The fourth-order valence-corrected chi connectivity index (χ4v) is 3.15. The topological polar surface area (TPSA) is 71.5 Å². The molecule has 1 N–H and O–H groups in total. The molecule has 2 amide bonds. The normalized spacial score (nSPS) is 16.3. The minimum absolute atomic E-state index is 0.00728. The van der Waals surface area contributed by atoms with Crippen molar-refractivity contribution in [2.45, 2.75) is 19.4 Å². The zero-order valence-electron chi connectivity index (χ0n) is 14.3. The number of benzene rings is 1. The maximum Gasteiger partial charge on any atom is 0.246 e. The minimum atomic E-state index is -0.0590. The molecule has 0 saturated heterocycles. The summed E-state index contributed by atoms with van der Waals surface area (Å²) < 4.78 is 5.70. The van der Waals surface area contributed by atoms with Crippen molar-refractivity contribution in [3.8, 4) is 5.75 Å². The van der Waals surface area contributed by atoms with Gasteiger partial charge in [0.1, 0.15) is 18.2 Å². The van der Waals surface area contributed by atoms with Gasteiger partial charge in [0.15, 0.2) is 0 Å². The first kappa shape index (κ1) is 16.3. The van der Waals surface area contributed by atoms with Crippen molar-refractivity contribution in [3.05, 3.63) is 59.3 Å². The average molecular weight is 349 g/mol. The van der Waals surface area contributed by atoms with E-state index in [0.29, 0.717) is 38.4 Å². The van der Waals surface area contributed by atoms with Gasteiger partial charge in [0.2, 0.25) is 11.8 Å². The Balaban J connectivity index is 1.47. The van der Waals surface area contributed by atoms with Crippen LogP contribution >= 0.6 is 0 Å². The van der Waals surface area contributed by atoms with E-state index in [2.05, 4.69) is 10.3 Å². The van der Waals surface area contributed by atoms with E-state index in [4.69, 9.17) is 4.74 Å². The van der Waals surface area contributed by atoms with Gasteiger partial charge < -0.3 is 15.0 Å². The minimum Gasteiger partial charge on any atom is -0.491 e. The standard InChI is InChI=1S/C20H19N3O3/c24-18-7-6-15-11-14(12-21-20(15)22-18)5-8-19(25)23-9-10-26-17-4-2-1-3-16(17)13-23/h1-5,8,11-12H,6-7,9-10,13H2,(H,21,22,24)/b8-5+. The summed E-state index contributed by atoms with van der Waals surface area (Å²) >= 11 is 0. The van der Waals surface area contributed by atoms with E-state index < -0.39 is 0 Å². The molecule has 6 heteroatoms. The lowest BCUT2D eigenvalue weighted by Gasteiger charge is -2.18. The maximum atomic E-state index is 12.6. The Morgan fingerprint density at radius 3 is 3.04 bits per heavy atom. The molecule has 0 unspecified atom stereocenters. The number of nitrogens with zero attached hydrogens (tertiary/aromatic N) is 2. The molecule has 6 nitrogen and oxygen atoms in total. The Morgan fingerprint density at radius 1 is 1.23 bits per heavy atom. The molecule has 132 valence electrons. The molecule has 3 heterocycles. The molecule has 0 aliphatic carbocycles. The van der Waals surface area contributed by atoms with Crippen molar-refractivity contribution in [3.63, 3.8) is 0 Å². The predicted octanol–water partition coefficient (Wildman–Crippen LogP) is 2.40. The van der Waals surface area contributed by atoms with Crippen molar-refractivity contribution in [2.24, 2.45) is 0 Å². The van der Waals surface area contributed by atoms with Crippen LogP contribution in [0, 0.1) is 0 Å². The first-order chi connectivity index (χ1) is 12.7. The van der Waals surface area contributed by atoms with Gasteiger partial charge in [-0.15, -0.1) is 0 Å². The number of anilines is 1. The van der Waals surface area contributed by atoms with Crippen LogP contribution in [-0.2, 0) is 22.6 Å². The number of carbonyl (C=O) groups excluding carboxylic acids is 2. The molecule has 0 spiro atoms. The largest absolute Gasteiger partial charge is 0.491 e. The van der Waals surface area contributed by atoms with Crippen molar-refractivity contribution in [1.29, 1.82) is 0 Å². The third-order valence-electron chi connectivity index (χ3n) is 4.55. The number of aryl methyl sites for hydroxylation is 1. The maximum absolute atomic E-state index is 12.6. The van der Waals surface area contributed by atoms with Crippen LogP contribution in [0.4, 0.5) is 5.82 Å². The molecule has 2 aliphatic rings. The van der Waals surface area contributed by atoms with Gasteiger partial charge in [0.25, 0.3) is 0 Å². The Morgan fingerprint density at radius 2 is 2.12 bits per heavy atom. The van der Waals surface area contributed by atoms with Gasteiger partial charge in [-0.25, -0.2) is 4.98 Å². The van der Waals surface area contributed by atoms with Crippen LogP contribution in [0.25, 0.3) is 6.08 Å². The van der Waals surface area contributed by atoms with Crippen molar-refractivity contribution in [1.82, 2.24) is 9.88 Å². The molecule has 1 aromatic carbocycles. The molecule has 0 fully saturated rings. The summed E-state index contributed by atoms with van der Waals surface area (Å²) in [6.07, 6.45) is 6.13. The third-order valence-corrected chi connectivity index (χ3v) is 4.55. The van der Waals surface area contributed by atoms with Crippen LogP contribution in [0.5, 0.6) is 5.75 Å². The number of ether oxygens (including phenoxy) is 1. The van der Waals surface area contributed by atoms with E-state index in [1.807, 2.05) is 30.3 Å². The number of aromatic nitrogens is 1. The molecule has 0 saturated carbocycles. The first-order valence-corrected chi connectivity index (χ1v) is 8.65. The number of pyridine rings is 1. The van der Waals surface area contributed by atoms with Gasteiger partial charge in [-0.1, -0.05) is 18.2 Å². The summed E-state index contributed by atoms with van der Waals surface area (Å²) in [4.78, 5) is 30.0. The number of carbonyl (C=O) groups is 2. The van der Waals surface area contributed by atoms with E-state index in [9.17, 15) is 9.59 Å². The summed E-state index contributed by atoms with van der Waals surface area (Å²) in [6.45, 7) is 1.57. The summed E-state index contributed by atoms with van der Waals surface area (Å²) in [7, 11) is 0. The average Bonchev–Trinajstić information content (AvgIpc) is 2.88. The Kier molecular flexibility index (Phi) is 4.39. The van der Waals surface area contributed by atoms with Crippen molar-refractivity contribution >= 4 is 23.7 Å². The lowest BCUT2D eigenvalue weighted by Crippen LogP contribution is -2.30. The van der Waals surface area contributed by atoms with E-state index in [-0.39, 0.29) is 11.8 Å². The van der Waals surface area contributed by atoms with Crippen LogP contribution in [0.3, 0.4) is 0 Å². The van der Waals surface area contributed by atoms with Crippen LogP contribution in [0.15, 0.2) is 42.6 Å². The quantitative estimate of drug-likeness (QED) is 0.845. The number of hydrogen-bond acceptors (Lipinski definition) is 4. The molecular formula is C20H19N3O3. The van der Waals surface area contributed by atoms with E-state index in [1.165, 1.54) is 0 Å². The van der Waals surface area contributed by atoms with Gasteiger partial charge in [-0.05, 0) is 35.8 Å². The third kappa shape index (κ3) is 3.44. The van der Waals surface area contributed by atoms with Gasteiger partial charge >= 0.3 is 0 Å². The second kappa shape index (κ2) is 7.00. The van der Waals surface area contributed by atoms with Gasteiger partial charge in [-0.2, -0.15) is 0 Å². The summed E-state index contributed by atoms with van der Waals surface area (Å²) in [6, 6.07) is 9.75. The SMILES string of the molecule is O=C1CCc2cc(/C=C/C(=O)N3CCOc4ccccc4C3)cnc2N1. The number of hydrogen-bond donors (Lipinski definition) is 1. The van der Waals surface area contributed by atoms with Crippen molar-refractivity contribution in [2.75, 3.05) is 18.5 Å². The Hall–Kier alpha value is -3.15. The fraction of sp³-hybridized carbons (Fsp3) is 0.250. The smallest absolute Gasteiger partial charge is 0.246 e. The van der Waals surface area contributed by atoms with Crippen LogP contribution in [-0.4, -0.2) is 34.8 Å². The fourth-order valence-electron chi connectivity index (χ4n) is 3.15. The molecule has 26 heavy (non-hydrogen) atoms. The number of amides is 2.